The van der Waals surface area contributed by atoms with Crippen LogP contribution in [0.4, 0.5) is 0 Å². The number of rotatable bonds is 7. The third kappa shape index (κ3) is 4.17. The minimum atomic E-state index is -0.890. The lowest BCUT2D eigenvalue weighted by molar-refractivity contribution is -0.127. The summed E-state index contributed by atoms with van der Waals surface area (Å²) in [6.07, 6.45) is 3.33. The molecule has 1 unspecified atom stereocenters. The van der Waals surface area contributed by atoms with Crippen molar-refractivity contribution in [1.29, 1.82) is 0 Å². The maximum Gasteiger partial charge on any atom is 0.244 e. The van der Waals surface area contributed by atoms with Gasteiger partial charge in [0, 0.05) is 18.4 Å². The first-order valence-corrected chi connectivity index (χ1v) is 8.83. The Kier molecular flexibility index (Phi) is 5.46. The molecule has 0 saturated heterocycles. The largest absolute Gasteiger partial charge is 0.368 e. The van der Waals surface area contributed by atoms with E-state index in [1.807, 2.05) is 24.3 Å². The molecule has 2 aromatic carbocycles. The molecule has 26 heavy (non-hydrogen) atoms. The molecular formula is C21H22N2O3. The first kappa shape index (κ1) is 17.9. The highest BCUT2D eigenvalue weighted by Crippen LogP contribution is 2.23. The lowest BCUT2D eigenvalue weighted by Gasteiger charge is -2.15. The minimum absolute atomic E-state index is 0.0204. The van der Waals surface area contributed by atoms with Gasteiger partial charge in [-0.25, -0.2) is 0 Å². The zero-order valence-electron chi connectivity index (χ0n) is 14.5. The zero-order valence-corrected chi connectivity index (χ0v) is 14.5. The maximum atomic E-state index is 12.4. The smallest absolute Gasteiger partial charge is 0.244 e. The summed E-state index contributed by atoms with van der Waals surface area (Å²) < 4.78 is 0. The summed E-state index contributed by atoms with van der Waals surface area (Å²) in [6.45, 7) is 0. The summed E-state index contributed by atoms with van der Waals surface area (Å²) in [5.74, 6) is -1.06. The van der Waals surface area contributed by atoms with Crippen molar-refractivity contribution in [3.05, 3.63) is 70.8 Å². The Bertz CT molecular complexity index is 830. The van der Waals surface area contributed by atoms with Crippen LogP contribution in [0.15, 0.2) is 48.5 Å². The predicted molar refractivity (Wildman–Crippen MR) is 98.6 cm³/mol. The standard InChI is InChI=1S/C21H22N2O3/c22-21(26)20(15-5-2-1-3-6-15)23-19(25)12-11-18(24)17-10-9-14-7-4-8-16(14)13-17/h1-3,5-6,9-10,13,20H,4,7-8,11-12H2,(H2,22,26)(H,23,25). The summed E-state index contributed by atoms with van der Waals surface area (Å²) in [5.41, 5.74) is 9.21. The van der Waals surface area contributed by atoms with Gasteiger partial charge in [0.05, 0.1) is 0 Å². The van der Waals surface area contributed by atoms with Crippen LogP contribution in [-0.4, -0.2) is 17.6 Å². The average Bonchev–Trinajstić information content (AvgIpc) is 3.12. The second-order valence-electron chi connectivity index (χ2n) is 6.57. The van der Waals surface area contributed by atoms with Crippen LogP contribution in [0.1, 0.15) is 52.4 Å². The number of amides is 2. The molecule has 0 radical (unpaired) electrons. The van der Waals surface area contributed by atoms with Gasteiger partial charge in [-0.15, -0.1) is 0 Å². The molecule has 3 rings (SSSR count). The van der Waals surface area contributed by atoms with E-state index >= 15 is 0 Å². The molecule has 1 aliphatic rings. The van der Waals surface area contributed by atoms with Crippen LogP contribution in [-0.2, 0) is 22.4 Å². The number of nitrogens with two attached hydrogens (primary N) is 1. The van der Waals surface area contributed by atoms with Crippen LogP contribution in [0.5, 0.6) is 0 Å². The molecule has 0 bridgehead atoms. The van der Waals surface area contributed by atoms with Crippen molar-refractivity contribution in [3.8, 4) is 0 Å². The van der Waals surface area contributed by atoms with Gasteiger partial charge < -0.3 is 11.1 Å². The van der Waals surface area contributed by atoms with Gasteiger partial charge in [0.15, 0.2) is 5.78 Å². The fraction of sp³-hybridized carbons (Fsp3) is 0.286. The summed E-state index contributed by atoms with van der Waals surface area (Å²) in [5, 5.41) is 2.62. The van der Waals surface area contributed by atoms with E-state index in [0.29, 0.717) is 11.1 Å². The van der Waals surface area contributed by atoms with E-state index < -0.39 is 11.9 Å². The van der Waals surface area contributed by atoms with Gasteiger partial charge in [-0.1, -0.05) is 42.5 Å². The monoisotopic (exact) mass is 350 g/mol. The Morgan fingerprint density at radius 1 is 0.962 bits per heavy atom. The number of nitrogens with one attached hydrogen (secondary N) is 1. The minimum Gasteiger partial charge on any atom is -0.368 e. The van der Waals surface area contributed by atoms with Crippen LogP contribution in [0.2, 0.25) is 0 Å². The van der Waals surface area contributed by atoms with Gasteiger partial charge in [-0.05, 0) is 42.0 Å². The molecule has 5 nitrogen and oxygen atoms in total. The molecule has 2 amide bonds. The molecule has 0 aliphatic heterocycles. The third-order valence-electron chi connectivity index (χ3n) is 4.72. The quantitative estimate of drug-likeness (QED) is 0.752. The van der Waals surface area contributed by atoms with Crippen molar-refractivity contribution in [3.63, 3.8) is 0 Å². The summed E-state index contributed by atoms with van der Waals surface area (Å²) in [7, 11) is 0. The highest BCUT2D eigenvalue weighted by molar-refractivity contribution is 5.98. The molecule has 2 aromatic rings. The molecule has 134 valence electrons. The SMILES string of the molecule is NC(=O)C(NC(=O)CCC(=O)c1ccc2c(c1)CCC2)c1ccccc1. The maximum absolute atomic E-state index is 12.4. The highest BCUT2D eigenvalue weighted by atomic mass is 16.2. The van der Waals surface area contributed by atoms with Crippen LogP contribution in [0.25, 0.3) is 0 Å². The third-order valence-corrected chi connectivity index (χ3v) is 4.72. The fourth-order valence-electron chi connectivity index (χ4n) is 3.31. The average molecular weight is 350 g/mol. The normalized spacial score (nSPS) is 13.7. The lowest BCUT2D eigenvalue weighted by atomic mass is 10.0. The van der Waals surface area contributed by atoms with Crippen LogP contribution in [0.3, 0.4) is 0 Å². The number of carbonyl (C=O) groups is 3. The molecular weight excluding hydrogens is 328 g/mol. The highest BCUT2D eigenvalue weighted by Gasteiger charge is 2.21. The summed E-state index contributed by atoms with van der Waals surface area (Å²) in [6, 6.07) is 13.7. The van der Waals surface area contributed by atoms with E-state index in [1.54, 1.807) is 24.3 Å². The van der Waals surface area contributed by atoms with Crippen molar-refractivity contribution in [1.82, 2.24) is 5.32 Å². The molecule has 1 atom stereocenters. The Morgan fingerprint density at radius 3 is 2.42 bits per heavy atom. The van der Waals surface area contributed by atoms with Crippen LogP contribution < -0.4 is 11.1 Å². The van der Waals surface area contributed by atoms with Crippen molar-refractivity contribution < 1.29 is 14.4 Å². The Labute approximate surface area is 152 Å². The Hall–Kier alpha value is -2.95. The van der Waals surface area contributed by atoms with Gasteiger partial charge in [-0.2, -0.15) is 0 Å². The van der Waals surface area contributed by atoms with Gasteiger partial charge >= 0.3 is 0 Å². The van der Waals surface area contributed by atoms with Crippen LogP contribution in [0, 0.1) is 0 Å². The second-order valence-corrected chi connectivity index (χ2v) is 6.57. The van der Waals surface area contributed by atoms with Crippen molar-refractivity contribution in [2.24, 2.45) is 5.73 Å². The second kappa shape index (κ2) is 7.95. The van der Waals surface area contributed by atoms with E-state index in [1.165, 1.54) is 11.1 Å². The summed E-state index contributed by atoms with van der Waals surface area (Å²) in [4.78, 5) is 36.2. The van der Waals surface area contributed by atoms with Crippen LogP contribution >= 0.6 is 0 Å². The topological polar surface area (TPSA) is 89.3 Å². The van der Waals surface area contributed by atoms with Gasteiger partial charge in [0.2, 0.25) is 11.8 Å². The number of fused-ring (bicyclic) bond motifs is 1. The molecule has 0 heterocycles. The van der Waals surface area contributed by atoms with Crippen molar-refractivity contribution in [2.75, 3.05) is 0 Å². The van der Waals surface area contributed by atoms with Crippen molar-refractivity contribution >= 4 is 17.6 Å². The number of benzene rings is 2. The van der Waals surface area contributed by atoms with Gasteiger partial charge in [0.25, 0.3) is 0 Å². The van der Waals surface area contributed by atoms with Gasteiger partial charge in [0.1, 0.15) is 6.04 Å². The molecule has 0 saturated carbocycles. The number of primary amides is 1. The molecule has 0 spiro atoms. The molecule has 0 aromatic heterocycles. The Balaban J connectivity index is 1.58. The van der Waals surface area contributed by atoms with E-state index in [-0.39, 0.29) is 24.5 Å². The first-order valence-electron chi connectivity index (χ1n) is 8.83. The predicted octanol–water partition coefficient (Wildman–Crippen LogP) is 2.48. The fourth-order valence-corrected chi connectivity index (χ4v) is 3.31. The number of aryl methyl sites for hydroxylation is 2. The molecule has 0 fully saturated rings. The number of hydrogen-bond acceptors (Lipinski definition) is 3. The van der Waals surface area contributed by atoms with E-state index in [2.05, 4.69) is 5.32 Å². The van der Waals surface area contributed by atoms with Crippen molar-refractivity contribution in [2.45, 2.75) is 38.1 Å². The van der Waals surface area contributed by atoms with E-state index in [0.717, 1.165) is 19.3 Å². The molecule has 5 heteroatoms. The number of ketones is 1. The van der Waals surface area contributed by atoms with Gasteiger partial charge in [-0.3, -0.25) is 14.4 Å². The number of Topliss-reactive ketones (excluding diaryl/α,β-unsaturated/α-hetero) is 1. The lowest BCUT2D eigenvalue weighted by Crippen LogP contribution is -2.37. The van der Waals surface area contributed by atoms with E-state index in [9.17, 15) is 14.4 Å². The molecule has 3 N–H and O–H groups in total. The number of carbonyl (C=O) groups excluding carboxylic acids is 3. The Morgan fingerprint density at radius 2 is 1.69 bits per heavy atom. The number of hydrogen-bond donors (Lipinski definition) is 2. The molecule has 1 aliphatic carbocycles. The van der Waals surface area contributed by atoms with E-state index in [4.69, 9.17) is 5.73 Å². The first-order chi connectivity index (χ1) is 12.5. The summed E-state index contributed by atoms with van der Waals surface area (Å²) >= 11 is 0. The zero-order chi connectivity index (χ0) is 18.5.